The van der Waals surface area contributed by atoms with Crippen molar-refractivity contribution in [3.63, 3.8) is 0 Å². The lowest BCUT2D eigenvalue weighted by atomic mass is 9.95. The van der Waals surface area contributed by atoms with Gasteiger partial charge in [-0.3, -0.25) is 9.36 Å². The van der Waals surface area contributed by atoms with E-state index in [1.54, 1.807) is 29.7 Å². The summed E-state index contributed by atoms with van der Waals surface area (Å²) < 4.78 is 14.9. The van der Waals surface area contributed by atoms with Crippen LogP contribution in [0, 0.1) is 5.82 Å². The van der Waals surface area contributed by atoms with Crippen LogP contribution in [0.5, 0.6) is 0 Å². The molecular formula is C22H23FN4OS. The zero-order chi connectivity index (χ0) is 19.8. The number of fused-ring (bicyclic) bond motifs is 3. The van der Waals surface area contributed by atoms with E-state index in [9.17, 15) is 9.18 Å². The monoisotopic (exact) mass is 410 g/mol. The molecule has 150 valence electrons. The van der Waals surface area contributed by atoms with Crippen LogP contribution < -0.4 is 11.0 Å². The van der Waals surface area contributed by atoms with E-state index in [1.165, 1.54) is 29.0 Å². The zero-order valence-electron chi connectivity index (χ0n) is 16.2. The van der Waals surface area contributed by atoms with E-state index in [0.29, 0.717) is 5.95 Å². The molecule has 2 heterocycles. The highest BCUT2D eigenvalue weighted by Crippen LogP contribution is 2.37. The number of nitrogens with zero attached hydrogens (tertiary/aromatic N) is 3. The molecule has 1 saturated carbocycles. The van der Waals surface area contributed by atoms with Crippen LogP contribution in [0.4, 0.5) is 10.3 Å². The van der Waals surface area contributed by atoms with Crippen molar-refractivity contribution in [3.05, 3.63) is 56.4 Å². The van der Waals surface area contributed by atoms with E-state index in [1.807, 2.05) is 4.57 Å². The molecule has 7 heteroatoms. The molecule has 0 aliphatic heterocycles. The number of benzene rings is 1. The summed E-state index contributed by atoms with van der Waals surface area (Å²) in [6.45, 7) is 0. The van der Waals surface area contributed by atoms with Gasteiger partial charge in [-0.15, -0.1) is 11.3 Å². The summed E-state index contributed by atoms with van der Waals surface area (Å²) in [7, 11) is 0. The van der Waals surface area contributed by atoms with E-state index in [2.05, 4.69) is 10.5 Å². The summed E-state index contributed by atoms with van der Waals surface area (Å²) in [6, 6.07) is 6.28. The van der Waals surface area contributed by atoms with Crippen LogP contribution in [0.2, 0.25) is 0 Å². The smallest absolute Gasteiger partial charge is 0.264 e. The second-order valence-electron chi connectivity index (χ2n) is 7.86. The number of nitrogens with one attached hydrogen (secondary N) is 1. The van der Waals surface area contributed by atoms with Gasteiger partial charge in [0.25, 0.3) is 5.56 Å². The van der Waals surface area contributed by atoms with Crippen LogP contribution in [0.15, 0.2) is 34.2 Å². The van der Waals surface area contributed by atoms with Gasteiger partial charge in [0.2, 0.25) is 5.95 Å². The first-order chi connectivity index (χ1) is 14.2. The van der Waals surface area contributed by atoms with Crippen molar-refractivity contribution in [2.24, 2.45) is 5.10 Å². The third-order valence-corrected chi connectivity index (χ3v) is 7.14. The Balaban J connectivity index is 1.55. The van der Waals surface area contributed by atoms with Crippen LogP contribution in [0.3, 0.4) is 0 Å². The Morgan fingerprint density at radius 3 is 2.72 bits per heavy atom. The Morgan fingerprint density at radius 1 is 1.14 bits per heavy atom. The number of aromatic nitrogens is 2. The number of thiophene rings is 1. The summed E-state index contributed by atoms with van der Waals surface area (Å²) >= 11 is 1.64. The maximum atomic E-state index is 13.5. The van der Waals surface area contributed by atoms with Crippen LogP contribution in [-0.2, 0) is 12.8 Å². The molecule has 1 aromatic carbocycles. The molecule has 1 N–H and O–H groups in total. The van der Waals surface area contributed by atoms with Gasteiger partial charge in [0.1, 0.15) is 10.6 Å². The molecule has 0 unspecified atom stereocenters. The van der Waals surface area contributed by atoms with Gasteiger partial charge in [-0.05, 0) is 55.4 Å². The van der Waals surface area contributed by atoms with Crippen molar-refractivity contribution in [1.29, 1.82) is 0 Å². The Morgan fingerprint density at radius 2 is 1.93 bits per heavy atom. The van der Waals surface area contributed by atoms with E-state index in [-0.39, 0.29) is 17.4 Å². The summed E-state index contributed by atoms with van der Waals surface area (Å²) in [5, 5.41) is 5.11. The number of hydrazone groups is 1. The van der Waals surface area contributed by atoms with Crippen molar-refractivity contribution >= 4 is 33.7 Å². The van der Waals surface area contributed by atoms with Gasteiger partial charge in [0, 0.05) is 10.9 Å². The van der Waals surface area contributed by atoms with Crippen molar-refractivity contribution in [1.82, 2.24) is 9.55 Å². The third-order valence-electron chi connectivity index (χ3n) is 5.96. The maximum absolute atomic E-state index is 13.5. The van der Waals surface area contributed by atoms with Gasteiger partial charge in [0.05, 0.1) is 11.6 Å². The van der Waals surface area contributed by atoms with Gasteiger partial charge >= 0.3 is 0 Å². The first kappa shape index (κ1) is 18.5. The molecule has 29 heavy (non-hydrogen) atoms. The number of anilines is 1. The van der Waals surface area contributed by atoms with E-state index in [4.69, 9.17) is 4.98 Å². The minimum atomic E-state index is -0.279. The molecule has 2 aliphatic carbocycles. The number of hydrogen-bond donors (Lipinski definition) is 1. The van der Waals surface area contributed by atoms with E-state index in [0.717, 1.165) is 60.7 Å². The molecule has 5 rings (SSSR count). The van der Waals surface area contributed by atoms with Crippen LogP contribution in [-0.4, -0.2) is 15.8 Å². The highest BCUT2D eigenvalue weighted by molar-refractivity contribution is 7.18. The van der Waals surface area contributed by atoms with E-state index < -0.39 is 0 Å². The standard InChI is InChI=1S/C22H23FN4OS/c23-15-11-9-14(10-12-15)13-24-26-22-25-20-19(17-7-4-8-18(17)29-20)21(28)27(22)16-5-2-1-3-6-16/h9-13,16H,1-8H2,(H,25,26)/b24-13-. The number of aryl methyl sites for hydroxylation is 2. The molecule has 1 fully saturated rings. The van der Waals surface area contributed by atoms with Crippen LogP contribution in [0.25, 0.3) is 10.2 Å². The molecule has 5 nitrogen and oxygen atoms in total. The third kappa shape index (κ3) is 3.48. The predicted octanol–water partition coefficient (Wildman–Crippen LogP) is 5.04. The summed E-state index contributed by atoms with van der Waals surface area (Å²) in [5.41, 5.74) is 5.07. The predicted molar refractivity (Wildman–Crippen MR) is 116 cm³/mol. The van der Waals surface area contributed by atoms with Crippen molar-refractivity contribution in [2.75, 3.05) is 5.43 Å². The molecule has 2 aromatic heterocycles. The lowest BCUT2D eigenvalue weighted by Gasteiger charge is -2.25. The van der Waals surface area contributed by atoms with Gasteiger partial charge in [0.15, 0.2) is 0 Å². The number of rotatable bonds is 4. The SMILES string of the molecule is O=c1c2c3c(sc2nc(N/N=C\c2ccc(F)cc2)n1C1CCCCC1)CCC3. The molecule has 2 aliphatic rings. The van der Waals surface area contributed by atoms with Gasteiger partial charge < -0.3 is 0 Å². The normalized spacial score (nSPS) is 17.3. The molecule has 0 atom stereocenters. The molecule has 0 saturated heterocycles. The fraction of sp³-hybridized carbons (Fsp3) is 0.409. The first-order valence-corrected chi connectivity index (χ1v) is 11.1. The molecule has 0 bridgehead atoms. The lowest BCUT2D eigenvalue weighted by molar-refractivity contribution is 0.348. The second-order valence-corrected chi connectivity index (χ2v) is 8.95. The molecule has 0 amide bonds. The van der Waals surface area contributed by atoms with Crippen molar-refractivity contribution in [2.45, 2.75) is 57.4 Å². The molecular weight excluding hydrogens is 387 g/mol. The van der Waals surface area contributed by atoms with Gasteiger partial charge in [-0.25, -0.2) is 14.8 Å². The van der Waals surface area contributed by atoms with Crippen LogP contribution >= 0.6 is 11.3 Å². The lowest BCUT2D eigenvalue weighted by Crippen LogP contribution is -2.29. The Bertz CT molecular complexity index is 1130. The van der Waals surface area contributed by atoms with E-state index >= 15 is 0 Å². The average Bonchev–Trinajstić information content (AvgIpc) is 3.31. The molecule has 0 spiro atoms. The Hall–Kier alpha value is -2.54. The average molecular weight is 411 g/mol. The number of hydrogen-bond acceptors (Lipinski definition) is 5. The minimum absolute atomic E-state index is 0.0702. The van der Waals surface area contributed by atoms with Gasteiger partial charge in [-0.1, -0.05) is 31.4 Å². The van der Waals surface area contributed by atoms with Crippen molar-refractivity contribution in [3.8, 4) is 0 Å². The van der Waals surface area contributed by atoms with Crippen LogP contribution in [0.1, 0.15) is 60.6 Å². The highest BCUT2D eigenvalue weighted by atomic mass is 32.1. The molecule has 0 radical (unpaired) electrons. The quantitative estimate of drug-likeness (QED) is 0.484. The first-order valence-electron chi connectivity index (χ1n) is 10.3. The topological polar surface area (TPSA) is 59.3 Å². The highest BCUT2D eigenvalue weighted by Gasteiger charge is 2.26. The van der Waals surface area contributed by atoms with Crippen molar-refractivity contribution < 1.29 is 4.39 Å². The summed E-state index contributed by atoms with van der Waals surface area (Å²) in [4.78, 5) is 20.5. The Kier molecular flexibility index (Phi) is 4.91. The fourth-order valence-corrected chi connectivity index (χ4v) is 5.78. The minimum Gasteiger partial charge on any atom is -0.274 e. The zero-order valence-corrected chi connectivity index (χ0v) is 17.0. The Labute approximate surface area is 172 Å². The summed E-state index contributed by atoms with van der Waals surface area (Å²) in [6.07, 6.45) is 10.3. The maximum Gasteiger partial charge on any atom is 0.264 e. The second kappa shape index (κ2) is 7.71. The fourth-order valence-electron chi connectivity index (χ4n) is 4.53. The molecule has 3 aromatic rings. The largest absolute Gasteiger partial charge is 0.274 e. The summed E-state index contributed by atoms with van der Waals surface area (Å²) in [5.74, 6) is 0.229. The number of halogens is 1. The van der Waals surface area contributed by atoms with Gasteiger partial charge in [-0.2, -0.15) is 5.10 Å².